The first-order valence-corrected chi connectivity index (χ1v) is 9.29. The van der Waals surface area contributed by atoms with E-state index in [1.54, 1.807) is 6.20 Å². The Kier molecular flexibility index (Phi) is 3.90. The highest BCUT2D eigenvalue weighted by Gasteiger charge is 2.26. The highest BCUT2D eigenvalue weighted by atomic mass is 79.9. The van der Waals surface area contributed by atoms with Gasteiger partial charge in [0.15, 0.2) is 0 Å². The predicted octanol–water partition coefficient (Wildman–Crippen LogP) is 4.49. The summed E-state index contributed by atoms with van der Waals surface area (Å²) < 4.78 is 6.59. The summed E-state index contributed by atoms with van der Waals surface area (Å²) in [7, 11) is 0. The van der Waals surface area contributed by atoms with Crippen LogP contribution in [0.3, 0.4) is 0 Å². The Bertz CT molecular complexity index is 1110. The average molecular weight is 423 g/mol. The Morgan fingerprint density at radius 1 is 1.07 bits per heavy atom. The van der Waals surface area contributed by atoms with Gasteiger partial charge in [0, 0.05) is 12.6 Å². The number of aromatic amines is 1. The van der Waals surface area contributed by atoms with Gasteiger partial charge in [-0.3, -0.25) is 0 Å². The van der Waals surface area contributed by atoms with Crippen molar-refractivity contribution in [3.63, 3.8) is 0 Å². The summed E-state index contributed by atoms with van der Waals surface area (Å²) in [5.41, 5.74) is 2.64. The SMILES string of the molecule is Brc1cnc2c(n1)C(Nc1nc3cc(Oc4ccccc4)ccc3[nH]1)CN2. The van der Waals surface area contributed by atoms with Crippen LogP contribution in [0.4, 0.5) is 11.8 Å². The fraction of sp³-hybridized carbons (Fsp3) is 0.105. The normalized spacial score (nSPS) is 15.4. The molecule has 8 heteroatoms. The quantitative estimate of drug-likeness (QED) is 0.449. The molecule has 1 aliphatic rings. The lowest BCUT2D eigenvalue weighted by atomic mass is 10.2. The number of aromatic nitrogens is 4. The van der Waals surface area contributed by atoms with E-state index in [0.717, 1.165) is 34.0 Å². The van der Waals surface area contributed by atoms with Gasteiger partial charge < -0.3 is 20.4 Å². The molecule has 0 bridgehead atoms. The summed E-state index contributed by atoms with van der Waals surface area (Å²) >= 11 is 3.37. The van der Waals surface area contributed by atoms with Crippen LogP contribution in [0.2, 0.25) is 0 Å². The summed E-state index contributed by atoms with van der Waals surface area (Å²) in [4.78, 5) is 16.8. The van der Waals surface area contributed by atoms with Crippen molar-refractivity contribution >= 4 is 38.7 Å². The Morgan fingerprint density at radius 3 is 2.85 bits per heavy atom. The summed E-state index contributed by atoms with van der Waals surface area (Å²) in [6, 6.07) is 15.5. The molecule has 0 amide bonds. The Labute approximate surface area is 163 Å². The maximum atomic E-state index is 5.88. The number of rotatable bonds is 4. The minimum Gasteiger partial charge on any atom is -0.457 e. The van der Waals surface area contributed by atoms with Crippen molar-refractivity contribution in [1.82, 2.24) is 19.9 Å². The molecule has 1 unspecified atom stereocenters. The van der Waals surface area contributed by atoms with Crippen molar-refractivity contribution in [2.24, 2.45) is 0 Å². The van der Waals surface area contributed by atoms with Crippen LogP contribution in [0, 0.1) is 0 Å². The van der Waals surface area contributed by atoms with Crippen LogP contribution in [-0.2, 0) is 0 Å². The third-order valence-electron chi connectivity index (χ3n) is 4.32. The third-order valence-corrected chi connectivity index (χ3v) is 4.70. The van der Waals surface area contributed by atoms with Gasteiger partial charge in [0.2, 0.25) is 5.95 Å². The standard InChI is InChI=1S/C19H15BrN6O/c20-16-10-22-18-17(26-16)15(9-21-18)25-19-23-13-7-6-12(8-14(13)24-19)27-11-4-2-1-3-5-11/h1-8,10,15H,9H2,(H,21,22)(H2,23,24,25). The van der Waals surface area contributed by atoms with Crippen LogP contribution >= 0.6 is 15.9 Å². The Hall–Kier alpha value is -3.13. The van der Waals surface area contributed by atoms with Gasteiger partial charge in [0.05, 0.1) is 23.3 Å². The zero-order valence-corrected chi connectivity index (χ0v) is 15.7. The average Bonchev–Trinajstić information content (AvgIpc) is 3.26. The van der Waals surface area contributed by atoms with E-state index >= 15 is 0 Å². The lowest BCUT2D eigenvalue weighted by Gasteiger charge is -2.10. The van der Waals surface area contributed by atoms with Crippen LogP contribution in [-0.4, -0.2) is 26.5 Å². The zero-order valence-electron chi connectivity index (χ0n) is 14.1. The summed E-state index contributed by atoms with van der Waals surface area (Å²) in [6.07, 6.45) is 1.68. The van der Waals surface area contributed by atoms with Gasteiger partial charge in [0.1, 0.15) is 27.6 Å². The Morgan fingerprint density at radius 2 is 1.96 bits per heavy atom. The second-order valence-electron chi connectivity index (χ2n) is 6.18. The minimum absolute atomic E-state index is 0.00870. The van der Waals surface area contributed by atoms with Crippen LogP contribution in [0.5, 0.6) is 11.5 Å². The highest BCUT2D eigenvalue weighted by Crippen LogP contribution is 2.30. The van der Waals surface area contributed by atoms with Crippen molar-refractivity contribution < 1.29 is 4.74 Å². The minimum atomic E-state index is -0.00870. The molecule has 0 spiro atoms. The molecule has 2 aromatic heterocycles. The molecule has 0 fully saturated rings. The number of para-hydroxylation sites is 1. The van der Waals surface area contributed by atoms with E-state index in [1.165, 1.54) is 0 Å². The number of halogens is 1. The molecule has 134 valence electrons. The number of imidazole rings is 1. The lowest BCUT2D eigenvalue weighted by Crippen LogP contribution is -2.14. The van der Waals surface area contributed by atoms with E-state index in [9.17, 15) is 0 Å². The second-order valence-corrected chi connectivity index (χ2v) is 7.00. The Balaban J connectivity index is 1.39. The fourth-order valence-electron chi connectivity index (χ4n) is 3.08. The molecular weight excluding hydrogens is 408 g/mol. The van der Waals surface area contributed by atoms with Crippen molar-refractivity contribution in [1.29, 1.82) is 0 Å². The lowest BCUT2D eigenvalue weighted by molar-refractivity contribution is 0.483. The summed E-state index contributed by atoms with van der Waals surface area (Å²) in [6.45, 7) is 0.700. The van der Waals surface area contributed by atoms with Crippen LogP contribution in [0.1, 0.15) is 11.7 Å². The molecule has 0 saturated carbocycles. The topological polar surface area (TPSA) is 87.8 Å². The van der Waals surface area contributed by atoms with E-state index in [2.05, 4.69) is 46.5 Å². The van der Waals surface area contributed by atoms with Crippen LogP contribution < -0.4 is 15.4 Å². The van der Waals surface area contributed by atoms with Crippen molar-refractivity contribution in [3.8, 4) is 11.5 Å². The molecule has 0 saturated heterocycles. The first-order chi connectivity index (χ1) is 13.2. The number of benzene rings is 2. The molecular formula is C19H15BrN6O. The molecule has 1 atom stereocenters. The molecule has 3 N–H and O–H groups in total. The number of fused-ring (bicyclic) bond motifs is 2. The molecule has 4 aromatic rings. The zero-order chi connectivity index (χ0) is 18.2. The van der Waals surface area contributed by atoms with Gasteiger partial charge in [-0.15, -0.1) is 0 Å². The van der Waals surface area contributed by atoms with Crippen molar-refractivity contribution in [2.45, 2.75) is 6.04 Å². The molecule has 7 nitrogen and oxygen atoms in total. The van der Waals surface area contributed by atoms with Gasteiger partial charge in [0.25, 0.3) is 0 Å². The number of hydrogen-bond acceptors (Lipinski definition) is 6. The van der Waals surface area contributed by atoms with E-state index in [1.807, 2.05) is 48.5 Å². The van der Waals surface area contributed by atoms with E-state index < -0.39 is 0 Å². The van der Waals surface area contributed by atoms with Gasteiger partial charge in [-0.1, -0.05) is 18.2 Å². The first-order valence-electron chi connectivity index (χ1n) is 8.50. The predicted molar refractivity (Wildman–Crippen MR) is 107 cm³/mol. The number of nitrogens with one attached hydrogen (secondary N) is 3. The van der Waals surface area contributed by atoms with Crippen molar-refractivity contribution in [2.75, 3.05) is 17.2 Å². The number of nitrogens with zero attached hydrogens (tertiary/aromatic N) is 3. The maximum absolute atomic E-state index is 5.88. The molecule has 1 aliphatic heterocycles. The maximum Gasteiger partial charge on any atom is 0.201 e. The van der Waals surface area contributed by atoms with E-state index in [-0.39, 0.29) is 6.04 Å². The second kappa shape index (κ2) is 6.55. The molecule has 0 radical (unpaired) electrons. The van der Waals surface area contributed by atoms with E-state index in [0.29, 0.717) is 17.1 Å². The molecule has 5 rings (SSSR count). The summed E-state index contributed by atoms with van der Waals surface area (Å²) in [5, 5.41) is 6.64. The number of H-pyrrole nitrogens is 1. The van der Waals surface area contributed by atoms with Crippen molar-refractivity contribution in [3.05, 3.63) is 65.0 Å². The monoisotopic (exact) mass is 422 g/mol. The van der Waals surface area contributed by atoms with Gasteiger partial charge in [-0.05, 0) is 40.2 Å². The van der Waals surface area contributed by atoms with Gasteiger partial charge >= 0.3 is 0 Å². The highest BCUT2D eigenvalue weighted by molar-refractivity contribution is 9.10. The largest absolute Gasteiger partial charge is 0.457 e. The van der Waals surface area contributed by atoms with Gasteiger partial charge in [-0.25, -0.2) is 15.0 Å². The first kappa shape index (κ1) is 16.1. The fourth-order valence-corrected chi connectivity index (χ4v) is 3.38. The molecule has 2 aromatic carbocycles. The van der Waals surface area contributed by atoms with Gasteiger partial charge in [-0.2, -0.15) is 0 Å². The molecule has 27 heavy (non-hydrogen) atoms. The number of hydrogen-bond donors (Lipinski definition) is 3. The third kappa shape index (κ3) is 3.19. The number of ether oxygens (including phenoxy) is 1. The van der Waals surface area contributed by atoms with Crippen LogP contribution in [0.15, 0.2) is 59.3 Å². The number of anilines is 2. The summed E-state index contributed by atoms with van der Waals surface area (Å²) in [5.74, 6) is 3.02. The van der Waals surface area contributed by atoms with Crippen LogP contribution in [0.25, 0.3) is 11.0 Å². The smallest absolute Gasteiger partial charge is 0.201 e. The molecule has 0 aliphatic carbocycles. The molecule has 3 heterocycles. The van der Waals surface area contributed by atoms with E-state index in [4.69, 9.17) is 4.74 Å².